The highest BCUT2D eigenvalue weighted by Crippen LogP contribution is 2.66. The van der Waals surface area contributed by atoms with Crippen LogP contribution in [0.5, 0.6) is 0 Å². The largest absolute Gasteiger partial charge is 0.477 e. The lowest BCUT2D eigenvalue weighted by atomic mass is 9.97. The first kappa shape index (κ1) is 13.7. The van der Waals surface area contributed by atoms with Gasteiger partial charge in [0.1, 0.15) is 5.71 Å². The molecule has 18 heavy (non-hydrogen) atoms. The van der Waals surface area contributed by atoms with Crippen LogP contribution >= 0.6 is 7.60 Å². The van der Waals surface area contributed by atoms with Gasteiger partial charge in [0.25, 0.3) is 0 Å². The molecule has 0 aromatic heterocycles. The van der Waals surface area contributed by atoms with Crippen LogP contribution in [0.2, 0.25) is 0 Å². The second-order valence-electron chi connectivity index (χ2n) is 5.79. The fraction of sp³-hybridized carbons (Fsp3) is 0.818. The Kier molecular flexibility index (Phi) is 3.16. The van der Waals surface area contributed by atoms with E-state index in [9.17, 15) is 9.36 Å². The highest BCUT2D eigenvalue weighted by atomic mass is 31.2. The molecule has 2 aliphatic rings. The van der Waals surface area contributed by atoms with Crippen molar-refractivity contribution < 1.29 is 23.5 Å². The van der Waals surface area contributed by atoms with Crippen molar-refractivity contribution in [1.82, 2.24) is 0 Å². The summed E-state index contributed by atoms with van der Waals surface area (Å²) in [7, 11) is -3.38. The molecule has 1 unspecified atom stereocenters. The van der Waals surface area contributed by atoms with Crippen LogP contribution in [0.1, 0.15) is 33.6 Å². The molecule has 0 aromatic rings. The van der Waals surface area contributed by atoms with Crippen molar-refractivity contribution in [3.8, 4) is 0 Å². The van der Waals surface area contributed by atoms with Crippen LogP contribution in [0.15, 0.2) is 4.99 Å². The van der Waals surface area contributed by atoms with Crippen molar-refractivity contribution in [2.75, 3.05) is 13.2 Å². The second-order valence-corrected chi connectivity index (χ2v) is 8.26. The minimum Gasteiger partial charge on any atom is -0.477 e. The van der Waals surface area contributed by atoms with Gasteiger partial charge in [0, 0.05) is 5.41 Å². The van der Waals surface area contributed by atoms with Crippen molar-refractivity contribution >= 4 is 19.3 Å². The van der Waals surface area contributed by atoms with Gasteiger partial charge in [-0.25, -0.2) is 4.79 Å². The summed E-state index contributed by atoms with van der Waals surface area (Å²) in [5.41, 5.74) is -0.132. The smallest absolute Gasteiger partial charge is 0.357 e. The molecule has 2 rings (SSSR count). The summed E-state index contributed by atoms with van der Waals surface area (Å²) in [5.74, 6) is -1.07. The Morgan fingerprint density at radius 1 is 1.33 bits per heavy atom. The second kappa shape index (κ2) is 4.15. The van der Waals surface area contributed by atoms with Crippen LogP contribution in [-0.2, 0) is 18.4 Å². The van der Waals surface area contributed by atoms with Crippen LogP contribution in [0.4, 0.5) is 0 Å². The number of hydrogen-bond donors (Lipinski definition) is 1. The predicted molar refractivity (Wildman–Crippen MR) is 66.0 cm³/mol. The molecule has 1 N–H and O–H groups in total. The van der Waals surface area contributed by atoms with Crippen molar-refractivity contribution in [3.63, 3.8) is 0 Å². The van der Waals surface area contributed by atoms with E-state index < -0.39 is 18.8 Å². The lowest BCUT2D eigenvalue weighted by Gasteiger charge is -2.39. The molecule has 1 fully saturated rings. The summed E-state index contributed by atoms with van der Waals surface area (Å²) in [5, 5.41) is 7.85. The average molecular weight is 275 g/mol. The minimum atomic E-state index is -3.38. The summed E-state index contributed by atoms with van der Waals surface area (Å²) in [4.78, 5) is 14.9. The lowest BCUT2D eigenvalue weighted by molar-refractivity contribution is -0.129. The molecular formula is C11H18NO5P. The first-order valence-electron chi connectivity index (χ1n) is 5.89. The molecule has 0 radical (unpaired) electrons. The van der Waals surface area contributed by atoms with E-state index in [4.69, 9.17) is 14.2 Å². The Morgan fingerprint density at radius 2 is 1.89 bits per heavy atom. The molecule has 102 valence electrons. The number of rotatable bonds is 2. The third-order valence-corrected chi connectivity index (χ3v) is 5.74. The van der Waals surface area contributed by atoms with Gasteiger partial charge in [0.15, 0.2) is 5.28 Å². The zero-order valence-corrected chi connectivity index (χ0v) is 11.7. The molecule has 0 amide bonds. The number of aliphatic imine (C=N–C) groups is 1. The molecule has 0 bridgehead atoms. The zero-order chi connectivity index (χ0) is 13.6. The highest BCUT2D eigenvalue weighted by molar-refractivity contribution is 7.55. The maximum atomic E-state index is 12.7. The van der Waals surface area contributed by atoms with Gasteiger partial charge in [0.05, 0.1) is 13.2 Å². The van der Waals surface area contributed by atoms with Gasteiger partial charge >= 0.3 is 13.6 Å². The fourth-order valence-corrected chi connectivity index (χ4v) is 4.29. The Hall–Kier alpha value is -0.710. The summed E-state index contributed by atoms with van der Waals surface area (Å²) < 4.78 is 23.5. The van der Waals surface area contributed by atoms with E-state index in [1.54, 1.807) is 6.92 Å². The molecule has 6 nitrogen and oxygen atoms in total. The van der Waals surface area contributed by atoms with E-state index in [2.05, 4.69) is 4.99 Å². The van der Waals surface area contributed by atoms with Crippen LogP contribution in [-0.4, -0.2) is 35.3 Å². The quantitative estimate of drug-likeness (QED) is 0.781. The van der Waals surface area contributed by atoms with Crippen molar-refractivity contribution in [2.24, 2.45) is 10.4 Å². The zero-order valence-electron chi connectivity index (χ0n) is 10.8. The Balaban J connectivity index is 2.22. The van der Waals surface area contributed by atoms with Crippen LogP contribution in [0.25, 0.3) is 0 Å². The average Bonchev–Trinajstić information content (AvgIpc) is 2.68. The molecule has 0 aromatic carbocycles. The summed E-state index contributed by atoms with van der Waals surface area (Å²) in [6.45, 7) is 6.22. The van der Waals surface area contributed by atoms with Crippen molar-refractivity contribution in [1.29, 1.82) is 0 Å². The SMILES string of the molecule is CC1(C)COP(=O)(C2(C)CCC(C(=O)O)=N2)OC1. The van der Waals surface area contributed by atoms with Crippen molar-refractivity contribution in [3.05, 3.63) is 0 Å². The third kappa shape index (κ3) is 2.25. The maximum absolute atomic E-state index is 12.7. The van der Waals surface area contributed by atoms with Crippen LogP contribution in [0, 0.1) is 5.41 Å². The summed E-state index contributed by atoms with van der Waals surface area (Å²) >= 11 is 0. The number of carbonyl (C=O) groups is 1. The molecule has 0 saturated carbocycles. The molecule has 1 atom stereocenters. The molecule has 2 aliphatic heterocycles. The van der Waals surface area contributed by atoms with Gasteiger partial charge in [-0.05, 0) is 19.8 Å². The van der Waals surface area contributed by atoms with Crippen molar-refractivity contribution in [2.45, 2.75) is 38.9 Å². The predicted octanol–water partition coefficient (Wildman–Crippen LogP) is 2.29. The number of nitrogens with zero attached hydrogens (tertiary/aromatic N) is 1. The molecule has 0 spiro atoms. The number of carboxylic acid groups (broad SMARTS) is 1. The fourth-order valence-electron chi connectivity index (χ4n) is 1.99. The Bertz CT molecular complexity index is 444. The van der Waals surface area contributed by atoms with Gasteiger partial charge in [-0.3, -0.25) is 9.56 Å². The molecule has 1 saturated heterocycles. The number of hydrogen-bond acceptors (Lipinski definition) is 5. The van der Waals surface area contributed by atoms with Gasteiger partial charge in [0.2, 0.25) is 0 Å². The molecule has 0 aliphatic carbocycles. The summed E-state index contributed by atoms with van der Waals surface area (Å²) in [6, 6.07) is 0. The van der Waals surface area contributed by atoms with Gasteiger partial charge < -0.3 is 14.2 Å². The summed E-state index contributed by atoms with van der Waals surface area (Å²) in [6.07, 6.45) is 0.679. The minimum absolute atomic E-state index is 0.0461. The highest BCUT2D eigenvalue weighted by Gasteiger charge is 2.53. The van der Waals surface area contributed by atoms with Gasteiger partial charge in [-0.1, -0.05) is 13.8 Å². The molecule has 2 heterocycles. The van der Waals surface area contributed by atoms with E-state index >= 15 is 0 Å². The van der Waals surface area contributed by atoms with Gasteiger partial charge in [-0.2, -0.15) is 0 Å². The van der Waals surface area contributed by atoms with E-state index in [1.165, 1.54) is 0 Å². The number of aliphatic carboxylic acids is 1. The van der Waals surface area contributed by atoms with Crippen LogP contribution < -0.4 is 0 Å². The Morgan fingerprint density at radius 3 is 2.33 bits per heavy atom. The maximum Gasteiger partial charge on any atom is 0.357 e. The molecule has 7 heteroatoms. The lowest BCUT2D eigenvalue weighted by Crippen LogP contribution is -2.35. The van der Waals surface area contributed by atoms with E-state index in [0.29, 0.717) is 26.1 Å². The third-order valence-electron chi connectivity index (χ3n) is 3.30. The van der Waals surface area contributed by atoms with Gasteiger partial charge in [-0.15, -0.1) is 0 Å². The Labute approximate surface area is 106 Å². The monoisotopic (exact) mass is 275 g/mol. The van der Waals surface area contributed by atoms with E-state index in [-0.39, 0.29) is 11.1 Å². The normalized spacial score (nSPS) is 34.1. The first-order chi connectivity index (χ1) is 8.18. The van der Waals surface area contributed by atoms with E-state index in [0.717, 1.165) is 0 Å². The topological polar surface area (TPSA) is 85.2 Å². The standard InChI is InChI=1S/C11H18NO5P/c1-10(2)6-16-18(15,17-7-10)11(3)5-4-8(12-11)9(13)14/h4-7H2,1-3H3,(H,13,14). The first-order valence-corrected chi connectivity index (χ1v) is 7.43. The number of carboxylic acids is 1. The van der Waals surface area contributed by atoms with Crippen LogP contribution in [0.3, 0.4) is 0 Å². The van der Waals surface area contributed by atoms with E-state index in [1.807, 2.05) is 13.8 Å². The molecular weight excluding hydrogens is 257 g/mol.